The van der Waals surface area contributed by atoms with Crippen molar-refractivity contribution in [1.82, 2.24) is 20.5 Å². The monoisotopic (exact) mass is 401 g/mol. The van der Waals surface area contributed by atoms with Crippen molar-refractivity contribution in [1.29, 1.82) is 0 Å². The van der Waals surface area contributed by atoms with Crippen molar-refractivity contribution in [3.63, 3.8) is 0 Å². The highest BCUT2D eigenvalue weighted by molar-refractivity contribution is 5.83. The summed E-state index contributed by atoms with van der Waals surface area (Å²) in [6.07, 6.45) is 7.54. The molecule has 1 fully saturated rings. The van der Waals surface area contributed by atoms with Crippen LogP contribution in [0.2, 0.25) is 0 Å². The van der Waals surface area contributed by atoms with E-state index in [4.69, 9.17) is 0 Å². The molecule has 0 atom stereocenters. The Kier molecular flexibility index (Phi) is 7.90. The Balaban J connectivity index is 1.46. The number of nitrogens with zero attached hydrogens (tertiary/aromatic N) is 2. The number of hydrogen-bond acceptors (Lipinski definition) is 2. The van der Waals surface area contributed by atoms with Crippen LogP contribution in [0.25, 0.3) is 10.9 Å². The van der Waals surface area contributed by atoms with Gasteiger partial charge in [-0.1, -0.05) is 6.42 Å². The summed E-state index contributed by atoms with van der Waals surface area (Å²) in [6, 6.07) is 4.81. The molecule has 1 aliphatic heterocycles. The van der Waals surface area contributed by atoms with Crippen molar-refractivity contribution in [2.75, 3.05) is 32.7 Å². The molecular weight excluding hydrogens is 369 g/mol. The maximum absolute atomic E-state index is 13.5. The van der Waals surface area contributed by atoms with Gasteiger partial charge in [0.05, 0.1) is 0 Å². The van der Waals surface area contributed by atoms with Gasteiger partial charge in [0.2, 0.25) is 5.91 Å². The Morgan fingerprint density at radius 2 is 2.17 bits per heavy atom. The van der Waals surface area contributed by atoms with Gasteiger partial charge < -0.3 is 20.5 Å². The van der Waals surface area contributed by atoms with Gasteiger partial charge in [0, 0.05) is 56.2 Å². The number of hydrogen-bond donors (Lipinski definition) is 3. The molecule has 1 saturated heterocycles. The van der Waals surface area contributed by atoms with Crippen LogP contribution in [0.15, 0.2) is 29.4 Å². The number of carbonyl (C=O) groups excluding carboxylic acids is 1. The minimum atomic E-state index is -0.218. The van der Waals surface area contributed by atoms with Crippen molar-refractivity contribution in [2.45, 2.75) is 45.4 Å². The van der Waals surface area contributed by atoms with Crippen molar-refractivity contribution in [2.24, 2.45) is 4.99 Å². The summed E-state index contributed by atoms with van der Waals surface area (Å²) < 4.78 is 13.5. The van der Waals surface area contributed by atoms with E-state index in [0.717, 1.165) is 74.2 Å². The molecule has 1 amide bonds. The lowest BCUT2D eigenvalue weighted by Crippen LogP contribution is -2.38. The molecule has 158 valence electrons. The normalized spacial score (nSPS) is 15.6. The zero-order chi connectivity index (χ0) is 20.5. The fourth-order valence-electron chi connectivity index (χ4n) is 3.74. The van der Waals surface area contributed by atoms with Crippen LogP contribution in [-0.2, 0) is 11.2 Å². The molecule has 2 aromatic rings. The number of aliphatic imine (C=N–C) groups is 1. The summed E-state index contributed by atoms with van der Waals surface area (Å²) in [4.78, 5) is 21.9. The smallest absolute Gasteiger partial charge is 0.222 e. The number of guanidine groups is 1. The molecule has 29 heavy (non-hydrogen) atoms. The summed E-state index contributed by atoms with van der Waals surface area (Å²) >= 11 is 0. The van der Waals surface area contributed by atoms with E-state index in [0.29, 0.717) is 19.5 Å². The molecule has 0 saturated carbocycles. The Bertz CT molecular complexity index is 832. The van der Waals surface area contributed by atoms with Crippen molar-refractivity contribution in [3.8, 4) is 0 Å². The molecule has 7 heteroatoms. The highest BCUT2D eigenvalue weighted by Gasteiger charge is 2.15. The average Bonchev–Trinajstić information content (AvgIpc) is 2.98. The zero-order valence-corrected chi connectivity index (χ0v) is 17.3. The molecule has 0 unspecified atom stereocenters. The molecule has 0 spiro atoms. The highest BCUT2D eigenvalue weighted by Crippen LogP contribution is 2.19. The van der Waals surface area contributed by atoms with Crippen LogP contribution in [0.5, 0.6) is 0 Å². The van der Waals surface area contributed by atoms with Crippen molar-refractivity contribution >= 4 is 22.8 Å². The molecule has 3 N–H and O–H groups in total. The molecule has 0 radical (unpaired) electrons. The lowest BCUT2D eigenvalue weighted by Gasteiger charge is -2.20. The van der Waals surface area contributed by atoms with Gasteiger partial charge in [0.25, 0.3) is 0 Å². The van der Waals surface area contributed by atoms with Gasteiger partial charge in [-0.15, -0.1) is 0 Å². The maximum atomic E-state index is 13.5. The Labute approximate surface area is 172 Å². The van der Waals surface area contributed by atoms with Gasteiger partial charge in [0.1, 0.15) is 5.82 Å². The van der Waals surface area contributed by atoms with Crippen LogP contribution in [0.3, 0.4) is 0 Å². The fourth-order valence-corrected chi connectivity index (χ4v) is 3.74. The minimum Gasteiger partial charge on any atom is -0.361 e. The van der Waals surface area contributed by atoms with E-state index in [1.54, 1.807) is 12.1 Å². The van der Waals surface area contributed by atoms with Gasteiger partial charge in [-0.25, -0.2) is 4.39 Å². The average molecular weight is 402 g/mol. The second kappa shape index (κ2) is 10.8. The Morgan fingerprint density at radius 3 is 3.03 bits per heavy atom. The SMILES string of the molecule is CCNC(=NCCCN1CCCCCC1=O)NCCc1c[nH]c2ccc(F)cc12. The van der Waals surface area contributed by atoms with E-state index in [9.17, 15) is 9.18 Å². The first-order valence-electron chi connectivity index (χ1n) is 10.7. The summed E-state index contributed by atoms with van der Waals surface area (Å²) in [5.74, 6) is 0.844. The molecular formula is C22H32FN5O. The molecule has 0 aliphatic carbocycles. The first-order valence-corrected chi connectivity index (χ1v) is 10.7. The third-order valence-corrected chi connectivity index (χ3v) is 5.29. The van der Waals surface area contributed by atoms with Crippen LogP contribution in [0, 0.1) is 5.82 Å². The number of nitrogens with one attached hydrogen (secondary N) is 3. The predicted molar refractivity (Wildman–Crippen MR) is 116 cm³/mol. The Hall–Kier alpha value is -2.57. The first-order chi connectivity index (χ1) is 14.2. The third-order valence-electron chi connectivity index (χ3n) is 5.29. The van der Waals surface area contributed by atoms with Crippen molar-refractivity contribution in [3.05, 3.63) is 35.8 Å². The van der Waals surface area contributed by atoms with E-state index in [1.165, 1.54) is 6.07 Å². The summed E-state index contributed by atoms with van der Waals surface area (Å²) in [6.45, 7) is 5.87. The van der Waals surface area contributed by atoms with E-state index in [1.807, 2.05) is 18.0 Å². The number of likely N-dealkylation sites (tertiary alicyclic amines) is 1. The molecule has 3 rings (SSSR count). The number of H-pyrrole nitrogens is 1. The molecule has 1 aromatic carbocycles. The summed E-state index contributed by atoms with van der Waals surface area (Å²) in [7, 11) is 0. The first kappa shape index (κ1) is 21.1. The minimum absolute atomic E-state index is 0.218. The third kappa shape index (κ3) is 6.21. The van der Waals surface area contributed by atoms with Crippen LogP contribution >= 0.6 is 0 Å². The van der Waals surface area contributed by atoms with Gasteiger partial charge in [-0.05, 0) is 56.4 Å². The van der Waals surface area contributed by atoms with E-state index < -0.39 is 0 Å². The van der Waals surface area contributed by atoms with Crippen molar-refractivity contribution < 1.29 is 9.18 Å². The van der Waals surface area contributed by atoms with Crippen LogP contribution in [0.4, 0.5) is 4.39 Å². The van der Waals surface area contributed by atoms with Crippen LogP contribution < -0.4 is 10.6 Å². The molecule has 6 nitrogen and oxygen atoms in total. The van der Waals surface area contributed by atoms with E-state index in [-0.39, 0.29) is 11.7 Å². The quantitative estimate of drug-likeness (QED) is 0.361. The molecule has 0 bridgehead atoms. The number of halogens is 1. The number of carbonyl (C=O) groups is 1. The highest BCUT2D eigenvalue weighted by atomic mass is 19.1. The predicted octanol–water partition coefficient (Wildman–Crippen LogP) is 3.20. The van der Waals surface area contributed by atoms with Crippen LogP contribution in [-0.4, -0.2) is 54.5 Å². The van der Waals surface area contributed by atoms with Gasteiger partial charge in [-0.3, -0.25) is 9.79 Å². The molecule has 2 heterocycles. The lowest BCUT2D eigenvalue weighted by molar-refractivity contribution is -0.130. The number of aromatic nitrogens is 1. The molecule has 1 aromatic heterocycles. The summed E-state index contributed by atoms with van der Waals surface area (Å²) in [5, 5.41) is 7.53. The lowest BCUT2D eigenvalue weighted by atomic mass is 10.1. The largest absolute Gasteiger partial charge is 0.361 e. The van der Waals surface area contributed by atoms with Gasteiger partial charge in [0.15, 0.2) is 5.96 Å². The molecule has 1 aliphatic rings. The number of amides is 1. The second-order valence-corrected chi connectivity index (χ2v) is 7.49. The van der Waals surface area contributed by atoms with Gasteiger partial charge in [-0.2, -0.15) is 0 Å². The second-order valence-electron chi connectivity index (χ2n) is 7.49. The topological polar surface area (TPSA) is 72.5 Å². The number of benzene rings is 1. The van der Waals surface area contributed by atoms with E-state index in [2.05, 4.69) is 20.6 Å². The van der Waals surface area contributed by atoms with E-state index >= 15 is 0 Å². The zero-order valence-electron chi connectivity index (χ0n) is 17.3. The number of aromatic amines is 1. The Morgan fingerprint density at radius 1 is 1.28 bits per heavy atom. The number of fused-ring (bicyclic) bond motifs is 1. The standard InChI is InChI=1S/C22H32FN5O/c1-2-24-22(25-11-6-14-28-13-5-3-4-7-21(28)29)26-12-10-17-16-27-20-9-8-18(23)15-19(17)20/h8-9,15-16,27H,2-7,10-14H2,1H3,(H2,24,25,26). The fraction of sp³-hybridized carbons (Fsp3) is 0.545. The number of rotatable bonds is 8. The van der Waals surface area contributed by atoms with Crippen LogP contribution in [0.1, 0.15) is 44.6 Å². The summed E-state index contributed by atoms with van der Waals surface area (Å²) in [5.41, 5.74) is 2.03. The maximum Gasteiger partial charge on any atom is 0.222 e. The van der Waals surface area contributed by atoms with Gasteiger partial charge >= 0.3 is 0 Å².